The molecule has 24 heavy (non-hydrogen) atoms. The fourth-order valence-electron chi connectivity index (χ4n) is 3.21. The Kier molecular flexibility index (Phi) is 5.11. The Morgan fingerprint density at radius 2 is 2.00 bits per heavy atom. The first-order valence-corrected chi connectivity index (χ1v) is 8.46. The third-order valence-electron chi connectivity index (χ3n) is 4.49. The largest absolute Gasteiger partial charge is 0.323 e. The normalized spacial score (nSPS) is 17.8. The van der Waals surface area contributed by atoms with Crippen LogP contribution >= 0.6 is 0 Å². The number of nitrogens with zero attached hydrogens (tertiary/aromatic N) is 2. The van der Waals surface area contributed by atoms with Gasteiger partial charge in [-0.2, -0.15) is 0 Å². The zero-order chi connectivity index (χ0) is 16.9. The first-order chi connectivity index (χ1) is 11.7. The minimum absolute atomic E-state index is 0.00438. The van der Waals surface area contributed by atoms with Crippen LogP contribution in [0.3, 0.4) is 0 Å². The number of aryl methyl sites for hydroxylation is 1. The molecule has 0 aliphatic carbocycles. The van der Waals surface area contributed by atoms with Crippen molar-refractivity contribution in [3.8, 4) is 0 Å². The molecule has 1 atom stereocenters. The Morgan fingerprint density at radius 3 is 2.75 bits per heavy atom. The standard InChI is InChI=1S/C19H23N3O2/c1-2-21-14-16(10-11-18(21)23)20-19(24)17-9-6-12-22(17)13-15-7-4-3-5-8-15/h3-5,7-8,10-11,14,17H,2,6,9,12-13H2,1H3,(H,20,24)/t17-/m1/s1. The van der Waals surface area contributed by atoms with Gasteiger partial charge in [-0.3, -0.25) is 14.5 Å². The van der Waals surface area contributed by atoms with Crippen LogP contribution in [-0.4, -0.2) is 28.0 Å². The van der Waals surface area contributed by atoms with E-state index in [4.69, 9.17) is 0 Å². The summed E-state index contributed by atoms with van der Waals surface area (Å²) in [4.78, 5) is 26.5. The van der Waals surface area contributed by atoms with Gasteiger partial charge in [-0.1, -0.05) is 30.3 Å². The number of pyridine rings is 1. The fraction of sp³-hybridized carbons (Fsp3) is 0.368. The summed E-state index contributed by atoms with van der Waals surface area (Å²) in [5.41, 5.74) is 1.84. The lowest BCUT2D eigenvalue weighted by molar-refractivity contribution is -0.120. The maximum atomic E-state index is 12.7. The van der Waals surface area contributed by atoms with Gasteiger partial charge >= 0.3 is 0 Å². The molecule has 1 aromatic carbocycles. The number of benzene rings is 1. The summed E-state index contributed by atoms with van der Waals surface area (Å²) in [6.45, 7) is 4.21. The van der Waals surface area contributed by atoms with Crippen molar-refractivity contribution in [3.05, 3.63) is 64.6 Å². The third-order valence-corrected chi connectivity index (χ3v) is 4.49. The molecule has 1 aliphatic heterocycles. The zero-order valence-corrected chi connectivity index (χ0v) is 13.9. The second-order valence-electron chi connectivity index (χ2n) is 6.15. The molecule has 1 N–H and O–H groups in total. The van der Waals surface area contributed by atoms with Crippen molar-refractivity contribution in [2.45, 2.75) is 38.9 Å². The lowest BCUT2D eigenvalue weighted by Gasteiger charge is -2.23. The average Bonchev–Trinajstić information content (AvgIpc) is 3.05. The monoisotopic (exact) mass is 325 g/mol. The second-order valence-corrected chi connectivity index (χ2v) is 6.15. The van der Waals surface area contributed by atoms with E-state index in [1.807, 2.05) is 25.1 Å². The molecule has 2 aromatic rings. The minimum Gasteiger partial charge on any atom is -0.323 e. The Morgan fingerprint density at radius 1 is 1.21 bits per heavy atom. The van der Waals surface area contributed by atoms with Crippen LogP contribution in [0.1, 0.15) is 25.3 Å². The number of likely N-dealkylation sites (tertiary alicyclic amines) is 1. The highest BCUT2D eigenvalue weighted by Gasteiger charge is 2.30. The summed E-state index contributed by atoms with van der Waals surface area (Å²) < 4.78 is 1.59. The van der Waals surface area contributed by atoms with Crippen LogP contribution in [0.5, 0.6) is 0 Å². The smallest absolute Gasteiger partial charge is 0.250 e. The highest BCUT2D eigenvalue weighted by Crippen LogP contribution is 2.21. The number of carbonyl (C=O) groups is 1. The molecule has 0 unspecified atom stereocenters. The van der Waals surface area contributed by atoms with Crippen LogP contribution in [0.4, 0.5) is 5.69 Å². The summed E-state index contributed by atoms with van der Waals surface area (Å²) in [5.74, 6) is 0.00438. The number of anilines is 1. The van der Waals surface area contributed by atoms with Crippen LogP contribution < -0.4 is 10.9 Å². The molecule has 5 heteroatoms. The Balaban J connectivity index is 1.68. The molecule has 1 aliphatic rings. The molecular weight excluding hydrogens is 302 g/mol. The molecule has 0 radical (unpaired) electrons. The van der Waals surface area contributed by atoms with Gasteiger partial charge in [0.1, 0.15) is 0 Å². The Labute approximate surface area is 141 Å². The van der Waals surface area contributed by atoms with E-state index in [9.17, 15) is 9.59 Å². The molecule has 0 saturated carbocycles. The average molecular weight is 325 g/mol. The molecule has 1 aromatic heterocycles. The van der Waals surface area contributed by atoms with Gasteiger partial charge in [-0.05, 0) is 37.9 Å². The molecule has 1 saturated heterocycles. The first-order valence-electron chi connectivity index (χ1n) is 8.46. The minimum atomic E-state index is -0.118. The number of hydrogen-bond acceptors (Lipinski definition) is 3. The lowest BCUT2D eigenvalue weighted by atomic mass is 10.1. The van der Waals surface area contributed by atoms with Crippen molar-refractivity contribution in [2.24, 2.45) is 0 Å². The molecule has 1 amide bonds. The SMILES string of the molecule is CCn1cc(NC(=O)[C@H]2CCCN2Cc2ccccc2)ccc1=O. The number of carbonyl (C=O) groups excluding carboxylic acids is 1. The predicted octanol–water partition coefficient (Wildman–Crippen LogP) is 2.47. The maximum Gasteiger partial charge on any atom is 0.250 e. The summed E-state index contributed by atoms with van der Waals surface area (Å²) in [7, 11) is 0. The van der Waals surface area contributed by atoms with Crippen molar-refractivity contribution < 1.29 is 4.79 Å². The molecule has 3 rings (SSSR count). The van der Waals surface area contributed by atoms with Crippen LogP contribution in [0.15, 0.2) is 53.5 Å². The number of amides is 1. The van der Waals surface area contributed by atoms with E-state index in [0.29, 0.717) is 12.2 Å². The van der Waals surface area contributed by atoms with E-state index >= 15 is 0 Å². The molecule has 0 bridgehead atoms. The van der Waals surface area contributed by atoms with Crippen LogP contribution in [0.2, 0.25) is 0 Å². The van der Waals surface area contributed by atoms with Gasteiger partial charge in [-0.25, -0.2) is 0 Å². The highest BCUT2D eigenvalue weighted by molar-refractivity contribution is 5.94. The van der Waals surface area contributed by atoms with Crippen LogP contribution in [0.25, 0.3) is 0 Å². The van der Waals surface area contributed by atoms with E-state index in [1.165, 1.54) is 11.6 Å². The van der Waals surface area contributed by atoms with Gasteiger partial charge in [0.15, 0.2) is 0 Å². The van der Waals surface area contributed by atoms with Crippen molar-refractivity contribution in [3.63, 3.8) is 0 Å². The van der Waals surface area contributed by atoms with E-state index < -0.39 is 0 Å². The summed E-state index contributed by atoms with van der Waals surface area (Å²) in [5, 5.41) is 2.96. The van der Waals surface area contributed by atoms with E-state index in [2.05, 4.69) is 22.3 Å². The van der Waals surface area contributed by atoms with Gasteiger partial charge in [-0.15, -0.1) is 0 Å². The zero-order valence-electron chi connectivity index (χ0n) is 13.9. The molecular formula is C19H23N3O2. The predicted molar refractivity (Wildman–Crippen MR) is 94.9 cm³/mol. The number of aromatic nitrogens is 1. The van der Waals surface area contributed by atoms with Gasteiger partial charge in [0.2, 0.25) is 5.91 Å². The quantitative estimate of drug-likeness (QED) is 0.919. The Bertz CT molecular complexity index is 755. The van der Waals surface area contributed by atoms with Gasteiger partial charge in [0.25, 0.3) is 5.56 Å². The topological polar surface area (TPSA) is 54.3 Å². The number of nitrogens with one attached hydrogen (secondary N) is 1. The van der Waals surface area contributed by atoms with Gasteiger partial charge in [0, 0.05) is 25.4 Å². The Hall–Kier alpha value is -2.40. The van der Waals surface area contributed by atoms with Crippen molar-refractivity contribution >= 4 is 11.6 Å². The molecule has 0 spiro atoms. The van der Waals surface area contributed by atoms with Gasteiger partial charge < -0.3 is 9.88 Å². The van der Waals surface area contributed by atoms with Gasteiger partial charge in [0.05, 0.1) is 11.7 Å². The first kappa shape index (κ1) is 16.5. The summed E-state index contributed by atoms with van der Waals surface area (Å²) in [6, 6.07) is 13.3. The maximum absolute atomic E-state index is 12.7. The summed E-state index contributed by atoms with van der Waals surface area (Å²) in [6.07, 6.45) is 3.60. The van der Waals surface area contributed by atoms with E-state index in [1.54, 1.807) is 16.8 Å². The van der Waals surface area contributed by atoms with Crippen molar-refractivity contribution in [1.82, 2.24) is 9.47 Å². The van der Waals surface area contributed by atoms with E-state index in [-0.39, 0.29) is 17.5 Å². The molecule has 1 fully saturated rings. The third kappa shape index (κ3) is 3.74. The number of rotatable bonds is 5. The lowest BCUT2D eigenvalue weighted by Crippen LogP contribution is -2.39. The second kappa shape index (κ2) is 7.45. The van der Waals surface area contributed by atoms with Crippen molar-refractivity contribution in [1.29, 1.82) is 0 Å². The van der Waals surface area contributed by atoms with Crippen LogP contribution in [-0.2, 0) is 17.9 Å². The molecule has 126 valence electrons. The van der Waals surface area contributed by atoms with Crippen LogP contribution in [0, 0.1) is 0 Å². The van der Waals surface area contributed by atoms with E-state index in [0.717, 1.165) is 25.9 Å². The van der Waals surface area contributed by atoms with Crippen molar-refractivity contribution in [2.75, 3.05) is 11.9 Å². The fourth-order valence-corrected chi connectivity index (χ4v) is 3.21. The number of hydrogen-bond donors (Lipinski definition) is 1. The highest BCUT2D eigenvalue weighted by atomic mass is 16.2. The molecule has 5 nitrogen and oxygen atoms in total. The molecule has 2 heterocycles. The summed E-state index contributed by atoms with van der Waals surface area (Å²) >= 11 is 0.